The number of fused-ring (bicyclic) bond motifs is 1. The molecule has 0 atom stereocenters. The van der Waals surface area contributed by atoms with Crippen LogP contribution in [0.4, 0.5) is 14.5 Å². The fourth-order valence-corrected chi connectivity index (χ4v) is 2.80. The number of aryl methyl sites for hydroxylation is 1. The van der Waals surface area contributed by atoms with Crippen LogP contribution in [-0.2, 0) is 6.54 Å². The van der Waals surface area contributed by atoms with Crippen LogP contribution >= 0.6 is 11.6 Å². The summed E-state index contributed by atoms with van der Waals surface area (Å²) in [5, 5.41) is 1.40. The van der Waals surface area contributed by atoms with E-state index >= 15 is 0 Å². The van der Waals surface area contributed by atoms with Crippen molar-refractivity contribution in [2.75, 3.05) is 12.3 Å². The molecule has 1 heterocycles. The van der Waals surface area contributed by atoms with E-state index in [0.717, 1.165) is 28.7 Å². The molecule has 0 saturated heterocycles. The van der Waals surface area contributed by atoms with Crippen LogP contribution in [0.3, 0.4) is 0 Å². The minimum absolute atomic E-state index is 0.0304. The number of benzene rings is 2. The van der Waals surface area contributed by atoms with Gasteiger partial charge in [0.1, 0.15) is 12.4 Å². The summed E-state index contributed by atoms with van der Waals surface area (Å²) >= 11 is 6.22. The minimum Gasteiger partial charge on any atom is -0.489 e. The van der Waals surface area contributed by atoms with Gasteiger partial charge in [-0.25, -0.2) is 8.78 Å². The van der Waals surface area contributed by atoms with Gasteiger partial charge >= 0.3 is 0 Å². The average molecular weight is 337 g/mol. The predicted molar refractivity (Wildman–Crippen MR) is 88.0 cm³/mol. The van der Waals surface area contributed by atoms with Gasteiger partial charge in [0.05, 0.1) is 17.3 Å². The van der Waals surface area contributed by atoms with Gasteiger partial charge in [-0.2, -0.15) is 0 Å². The highest BCUT2D eigenvalue weighted by molar-refractivity contribution is 6.38. The van der Waals surface area contributed by atoms with Crippen LogP contribution in [0.1, 0.15) is 5.69 Å². The molecular weight excluding hydrogens is 322 g/mol. The normalized spacial score (nSPS) is 11.1. The van der Waals surface area contributed by atoms with Gasteiger partial charge < -0.3 is 15.0 Å². The SMILES string of the molecule is Cc1cc2c(Cl)c(N)ccc2n1CCOc1ccc(F)cc1F. The number of halogens is 3. The second-order valence-electron chi connectivity index (χ2n) is 5.26. The van der Waals surface area contributed by atoms with Gasteiger partial charge in [0.25, 0.3) is 0 Å². The number of hydrogen-bond donors (Lipinski definition) is 1. The van der Waals surface area contributed by atoms with Crippen molar-refractivity contribution in [3.8, 4) is 5.75 Å². The van der Waals surface area contributed by atoms with Crippen molar-refractivity contribution in [1.82, 2.24) is 4.57 Å². The standard InChI is InChI=1S/C17H15ClF2N2O/c1-10-8-12-15(4-3-14(21)17(12)18)22(10)6-7-23-16-5-2-11(19)9-13(16)20/h2-5,8-9H,6-7,21H2,1H3. The smallest absolute Gasteiger partial charge is 0.167 e. The first kappa shape index (κ1) is 15.6. The summed E-state index contributed by atoms with van der Waals surface area (Å²) in [5.74, 6) is -1.31. The molecule has 23 heavy (non-hydrogen) atoms. The molecule has 0 spiro atoms. The molecule has 0 aliphatic rings. The van der Waals surface area contributed by atoms with Crippen molar-refractivity contribution in [2.24, 2.45) is 0 Å². The van der Waals surface area contributed by atoms with Gasteiger partial charge in [-0.05, 0) is 37.3 Å². The average Bonchev–Trinajstić information content (AvgIpc) is 2.82. The zero-order valence-electron chi connectivity index (χ0n) is 12.4. The quantitative estimate of drug-likeness (QED) is 0.710. The molecule has 0 aliphatic carbocycles. The first-order chi connectivity index (χ1) is 11.0. The molecule has 0 aliphatic heterocycles. The van der Waals surface area contributed by atoms with Crippen LogP contribution in [0.25, 0.3) is 10.9 Å². The van der Waals surface area contributed by atoms with Crippen LogP contribution in [0.2, 0.25) is 5.02 Å². The van der Waals surface area contributed by atoms with Gasteiger partial charge in [-0.3, -0.25) is 0 Å². The first-order valence-electron chi connectivity index (χ1n) is 7.09. The number of nitrogen functional groups attached to an aromatic ring is 1. The molecule has 0 radical (unpaired) electrons. The molecule has 6 heteroatoms. The van der Waals surface area contributed by atoms with E-state index in [-0.39, 0.29) is 12.4 Å². The maximum Gasteiger partial charge on any atom is 0.167 e. The summed E-state index contributed by atoms with van der Waals surface area (Å²) in [5.41, 5.74) is 8.27. The number of ether oxygens (including phenoxy) is 1. The van der Waals surface area contributed by atoms with Gasteiger partial charge in [0, 0.05) is 22.7 Å². The van der Waals surface area contributed by atoms with Crippen LogP contribution in [0, 0.1) is 18.6 Å². The van der Waals surface area contributed by atoms with E-state index in [0.29, 0.717) is 17.3 Å². The summed E-state index contributed by atoms with van der Waals surface area (Å²) in [6.07, 6.45) is 0. The molecule has 1 aromatic heterocycles. The summed E-state index contributed by atoms with van der Waals surface area (Å²) in [4.78, 5) is 0. The Morgan fingerprint density at radius 3 is 2.70 bits per heavy atom. The van der Waals surface area contributed by atoms with Crippen LogP contribution < -0.4 is 10.5 Å². The summed E-state index contributed by atoms with van der Waals surface area (Å²) < 4.78 is 33.8. The topological polar surface area (TPSA) is 40.2 Å². The van der Waals surface area contributed by atoms with Crippen molar-refractivity contribution in [1.29, 1.82) is 0 Å². The highest BCUT2D eigenvalue weighted by atomic mass is 35.5. The third kappa shape index (κ3) is 2.97. The molecule has 0 saturated carbocycles. The number of rotatable bonds is 4. The number of aromatic nitrogens is 1. The number of hydrogen-bond acceptors (Lipinski definition) is 2. The lowest BCUT2D eigenvalue weighted by atomic mass is 10.2. The molecule has 2 aromatic carbocycles. The molecule has 0 bridgehead atoms. The van der Waals surface area contributed by atoms with E-state index < -0.39 is 11.6 Å². The Morgan fingerprint density at radius 1 is 1.17 bits per heavy atom. The van der Waals surface area contributed by atoms with Crippen LogP contribution in [-0.4, -0.2) is 11.2 Å². The molecule has 3 rings (SSSR count). The molecular formula is C17H15ClF2N2O. The van der Waals surface area contributed by atoms with E-state index in [1.54, 1.807) is 6.07 Å². The van der Waals surface area contributed by atoms with Crippen molar-refractivity contribution in [2.45, 2.75) is 13.5 Å². The van der Waals surface area contributed by atoms with E-state index in [4.69, 9.17) is 22.1 Å². The zero-order valence-corrected chi connectivity index (χ0v) is 13.2. The monoisotopic (exact) mass is 336 g/mol. The van der Waals surface area contributed by atoms with Crippen molar-refractivity contribution < 1.29 is 13.5 Å². The molecule has 3 aromatic rings. The molecule has 0 amide bonds. The Kier molecular flexibility index (Phi) is 4.13. The van der Waals surface area contributed by atoms with Gasteiger partial charge in [0.15, 0.2) is 11.6 Å². The largest absolute Gasteiger partial charge is 0.489 e. The van der Waals surface area contributed by atoms with Crippen LogP contribution in [0.15, 0.2) is 36.4 Å². The Morgan fingerprint density at radius 2 is 1.96 bits per heavy atom. The van der Waals surface area contributed by atoms with Gasteiger partial charge in [-0.1, -0.05) is 11.6 Å². The fourth-order valence-electron chi connectivity index (χ4n) is 2.59. The second-order valence-corrected chi connectivity index (χ2v) is 5.64. The summed E-state index contributed by atoms with van der Waals surface area (Å²) in [6.45, 7) is 2.70. The molecule has 2 N–H and O–H groups in total. The van der Waals surface area contributed by atoms with Gasteiger partial charge in [-0.15, -0.1) is 0 Å². The first-order valence-corrected chi connectivity index (χ1v) is 7.47. The Hall–Kier alpha value is -2.27. The maximum absolute atomic E-state index is 13.5. The van der Waals surface area contributed by atoms with E-state index in [2.05, 4.69) is 0 Å². The summed E-state index contributed by atoms with van der Waals surface area (Å²) in [7, 11) is 0. The molecule has 3 nitrogen and oxygen atoms in total. The van der Waals surface area contributed by atoms with Crippen molar-refractivity contribution in [3.63, 3.8) is 0 Å². The van der Waals surface area contributed by atoms with Gasteiger partial charge in [0.2, 0.25) is 0 Å². The number of anilines is 1. The van der Waals surface area contributed by atoms with E-state index in [1.165, 1.54) is 6.07 Å². The number of nitrogens with zero attached hydrogens (tertiary/aromatic N) is 1. The predicted octanol–water partition coefficient (Wildman–Crippen LogP) is 4.54. The lowest BCUT2D eigenvalue weighted by Crippen LogP contribution is -2.10. The molecule has 120 valence electrons. The van der Waals surface area contributed by atoms with E-state index in [9.17, 15) is 8.78 Å². The lowest BCUT2D eigenvalue weighted by molar-refractivity contribution is 0.284. The Balaban J connectivity index is 1.79. The van der Waals surface area contributed by atoms with Crippen LogP contribution in [0.5, 0.6) is 5.75 Å². The Labute approximate surface area is 137 Å². The second kappa shape index (κ2) is 6.08. The highest BCUT2D eigenvalue weighted by Gasteiger charge is 2.11. The third-order valence-electron chi connectivity index (χ3n) is 3.72. The Bertz CT molecular complexity index is 877. The third-order valence-corrected chi connectivity index (χ3v) is 4.14. The molecule has 0 fully saturated rings. The fraction of sp³-hybridized carbons (Fsp3) is 0.176. The highest BCUT2D eigenvalue weighted by Crippen LogP contribution is 2.31. The maximum atomic E-state index is 13.5. The molecule has 0 unspecified atom stereocenters. The summed E-state index contributed by atoms with van der Waals surface area (Å²) in [6, 6.07) is 8.84. The number of nitrogens with two attached hydrogens (primary N) is 1. The van der Waals surface area contributed by atoms with Crippen molar-refractivity contribution in [3.05, 3.63) is 58.7 Å². The minimum atomic E-state index is -0.713. The zero-order chi connectivity index (χ0) is 16.6. The lowest BCUT2D eigenvalue weighted by Gasteiger charge is -2.11. The van der Waals surface area contributed by atoms with E-state index in [1.807, 2.05) is 23.6 Å². The van der Waals surface area contributed by atoms with Crippen molar-refractivity contribution >= 4 is 28.2 Å².